The molecule has 1 aromatic carbocycles. The molecule has 2 rings (SSSR count). The molecule has 0 radical (unpaired) electrons. The van der Waals surface area contributed by atoms with Crippen molar-refractivity contribution >= 4 is 5.91 Å². The second-order valence-electron chi connectivity index (χ2n) is 4.41. The van der Waals surface area contributed by atoms with E-state index in [1.807, 2.05) is 37.3 Å². The van der Waals surface area contributed by atoms with Gasteiger partial charge in [0.2, 0.25) is 5.91 Å². The quantitative estimate of drug-likeness (QED) is 0.823. The topological polar surface area (TPSA) is 55.2 Å². The van der Waals surface area contributed by atoms with E-state index in [9.17, 15) is 9.59 Å². The molecule has 0 unspecified atom stereocenters. The summed E-state index contributed by atoms with van der Waals surface area (Å²) in [5.74, 6) is -0.114. The Labute approximate surface area is 117 Å². The van der Waals surface area contributed by atoms with Crippen molar-refractivity contribution < 1.29 is 4.79 Å². The van der Waals surface area contributed by atoms with Gasteiger partial charge in [-0.05, 0) is 18.6 Å². The molecule has 0 aliphatic carbocycles. The van der Waals surface area contributed by atoms with Crippen LogP contribution in [0.5, 0.6) is 0 Å². The molecule has 1 heterocycles. The zero-order valence-electron chi connectivity index (χ0n) is 11.4. The van der Waals surface area contributed by atoms with Gasteiger partial charge in [-0.15, -0.1) is 0 Å². The smallest absolute Gasteiger partial charge is 0.267 e. The third-order valence-electron chi connectivity index (χ3n) is 3.02. The van der Waals surface area contributed by atoms with Gasteiger partial charge in [-0.25, -0.2) is 4.68 Å². The molecule has 0 aliphatic rings. The number of carbonyl (C=O) groups is 1. The van der Waals surface area contributed by atoms with Crippen LogP contribution in [0.4, 0.5) is 0 Å². The van der Waals surface area contributed by atoms with E-state index in [1.165, 1.54) is 16.9 Å². The molecule has 2 aromatic rings. The molecule has 0 N–H and O–H groups in total. The van der Waals surface area contributed by atoms with Gasteiger partial charge in [0, 0.05) is 25.4 Å². The third-order valence-corrected chi connectivity index (χ3v) is 3.02. The van der Waals surface area contributed by atoms with E-state index in [0.29, 0.717) is 13.1 Å². The monoisotopic (exact) mass is 271 g/mol. The van der Waals surface area contributed by atoms with Crippen LogP contribution in [0.3, 0.4) is 0 Å². The Kier molecular flexibility index (Phi) is 4.65. The molecule has 104 valence electrons. The van der Waals surface area contributed by atoms with E-state index in [4.69, 9.17) is 0 Å². The van der Waals surface area contributed by atoms with E-state index in [0.717, 1.165) is 5.56 Å². The second-order valence-corrected chi connectivity index (χ2v) is 4.41. The second kappa shape index (κ2) is 6.65. The minimum atomic E-state index is -0.267. The van der Waals surface area contributed by atoms with Gasteiger partial charge < -0.3 is 4.90 Å². The van der Waals surface area contributed by atoms with Crippen molar-refractivity contribution in [2.75, 3.05) is 6.54 Å². The van der Waals surface area contributed by atoms with Gasteiger partial charge in [0.25, 0.3) is 5.56 Å². The first-order valence-electron chi connectivity index (χ1n) is 6.54. The zero-order chi connectivity index (χ0) is 14.4. The summed E-state index contributed by atoms with van der Waals surface area (Å²) in [6.07, 6.45) is 1.50. The minimum Gasteiger partial charge on any atom is -0.337 e. The summed E-state index contributed by atoms with van der Waals surface area (Å²) in [6.45, 7) is 3.02. The van der Waals surface area contributed by atoms with Crippen LogP contribution in [-0.4, -0.2) is 27.1 Å². The molecule has 1 amide bonds. The number of hydrogen-bond donors (Lipinski definition) is 0. The first kappa shape index (κ1) is 14.0. The van der Waals surface area contributed by atoms with Crippen LogP contribution in [0.25, 0.3) is 0 Å². The van der Waals surface area contributed by atoms with Crippen LogP contribution in [0.1, 0.15) is 12.5 Å². The van der Waals surface area contributed by atoms with Gasteiger partial charge >= 0.3 is 0 Å². The first-order valence-corrected chi connectivity index (χ1v) is 6.54. The number of rotatable bonds is 5. The van der Waals surface area contributed by atoms with E-state index in [1.54, 1.807) is 11.0 Å². The van der Waals surface area contributed by atoms with Crippen molar-refractivity contribution in [3.63, 3.8) is 0 Å². The van der Waals surface area contributed by atoms with Gasteiger partial charge in [0.1, 0.15) is 6.54 Å². The lowest BCUT2D eigenvalue weighted by Crippen LogP contribution is -2.36. The van der Waals surface area contributed by atoms with Crippen molar-refractivity contribution in [1.82, 2.24) is 14.7 Å². The Bertz CT molecular complexity index is 622. The fraction of sp³-hybridized carbons (Fsp3) is 0.267. The normalized spacial score (nSPS) is 10.2. The van der Waals surface area contributed by atoms with Crippen molar-refractivity contribution in [3.05, 3.63) is 64.6 Å². The zero-order valence-corrected chi connectivity index (χ0v) is 11.4. The highest BCUT2D eigenvalue weighted by molar-refractivity contribution is 5.75. The summed E-state index contributed by atoms with van der Waals surface area (Å²) < 4.78 is 1.18. The average molecular weight is 271 g/mol. The standard InChI is InChI=1S/C15H17N3O2/c1-2-17(11-13-7-4-3-5-8-13)15(20)12-18-14(19)9-6-10-16-18/h3-10H,2,11-12H2,1H3. The predicted octanol–water partition coefficient (Wildman–Crippen LogP) is 1.29. The van der Waals surface area contributed by atoms with Crippen molar-refractivity contribution in [1.29, 1.82) is 0 Å². The Morgan fingerprint density at radius 3 is 2.60 bits per heavy atom. The maximum atomic E-state index is 12.2. The van der Waals surface area contributed by atoms with Crippen molar-refractivity contribution in [2.45, 2.75) is 20.0 Å². The number of benzene rings is 1. The molecule has 0 spiro atoms. The van der Waals surface area contributed by atoms with Crippen LogP contribution < -0.4 is 5.56 Å². The number of likely N-dealkylation sites (N-methyl/N-ethyl adjacent to an activating group) is 1. The van der Waals surface area contributed by atoms with Crippen LogP contribution in [0.15, 0.2) is 53.5 Å². The molecule has 0 aliphatic heterocycles. The average Bonchev–Trinajstić information content (AvgIpc) is 2.48. The molecule has 0 bridgehead atoms. The highest BCUT2D eigenvalue weighted by atomic mass is 16.2. The molecule has 0 saturated heterocycles. The lowest BCUT2D eigenvalue weighted by molar-refractivity contribution is -0.132. The van der Waals surface area contributed by atoms with E-state index in [2.05, 4.69) is 5.10 Å². The van der Waals surface area contributed by atoms with E-state index < -0.39 is 0 Å². The molecular formula is C15H17N3O2. The van der Waals surface area contributed by atoms with Gasteiger partial charge in [-0.3, -0.25) is 9.59 Å². The summed E-state index contributed by atoms with van der Waals surface area (Å²) in [5, 5.41) is 3.90. The summed E-state index contributed by atoms with van der Waals surface area (Å²) >= 11 is 0. The summed E-state index contributed by atoms with van der Waals surface area (Å²) in [5.41, 5.74) is 0.799. The lowest BCUT2D eigenvalue weighted by atomic mass is 10.2. The van der Waals surface area contributed by atoms with E-state index >= 15 is 0 Å². The van der Waals surface area contributed by atoms with Crippen LogP contribution in [0.2, 0.25) is 0 Å². The summed E-state index contributed by atoms with van der Waals surface area (Å²) in [6, 6.07) is 12.7. The molecule has 0 fully saturated rings. The SMILES string of the molecule is CCN(Cc1ccccc1)C(=O)Cn1ncccc1=O. The molecular weight excluding hydrogens is 254 g/mol. The number of amides is 1. The van der Waals surface area contributed by atoms with Crippen LogP contribution in [0, 0.1) is 0 Å². The molecule has 0 atom stereocenters. The van der Waals surface area contributed by atoms with Gasteiger partial charge in [-0.2, -0.15) is 5.10 Å². The molecule has 5 nitrogen and oxygen atoms in total. The Morgan fingerprint density at radius 2 is 1.95 bits per heavy atom. The van der Waals surface area contributed by atoms with Crippen molar-refractivity contribution in [2.24, 2.45) is 0 Å². The minimum absolute atomic E-state index is 0.0274. The third kappa shape index (κ3) is 3.54. The van der Waals surface area contributed by atoms with Crippen LogP contribution >= 0.6 is 0 Å². The number of aromatic nitrogens is 2. The van der Waals surface area contributed by atoms with Gasteiger partial charge in [-0.1, -0.05) is 30.3 Å². The van der Waals surface area contributed by atoms with Gasteiger partial charge in [0.15, 0.2) is 0 Å². The van der Waals surface area contributed by atoms with Gasteiger partial charge in [0.05, 0.1) is 0 Å². The molecule has 20 heavy (non-hydrogen) atoms. The Balaban J connectivity index is 2.06. The summed E-state index contributed by atoms with van der Waals surface area (Å²) in [4.78, 5) is 25.5. The number of nitrogens with zero attached hydrogens (tertiary/aromatic N) is 3. The highest BCUT2D eigenvalue weighted by Crippen LogP contribution is 2.04. The maximum Gasteiger partial charge on any atom is 0.267 e. The number of hydrogen-bond acceptors (Lipinski definition) is 3. The predicted molar refractivity (Wildman–Crippen MR) is 76.0 cm³/mol. The highest BCUT2D eigenvalue weighted by Gasteiger charge is 2.13. The largest absolute Gasteiger partial charge is 0.337 e. The molecule has 1 aromatic heterocycles. The Hall–Kier alpha value is -2.43. The first-order chi connectivity index (χ1) is 9.70. The number of carbonyl (C=O) groups excluding carboxylic acids is 1. The van der Waals surface area contributed by atoms with Crippen molar-refractivity contribution in [3.8, 4) is 0 Å². The summed E-state index contributed by atoms with van der Waals surface area (Å²) in [7, 11) is 0. The lowest BCUT2D eigenvalue weighted by Gasteiger charge is -2.21. The Morgan fingerprint density at radius 1 is 1.20 bits per heavy atom. The molecule has 0 saturated carbocycles. The fourth-order valence-electron chi connectivity index (χ4n) is 1.91. The fourth-order valence-corrected chi connectivity index (χ4v) is 1.91. The van der Waals surface area contributed by atoms with Crippen LogP contribution in [-0.2, 0) is 17.9 Å². The van der Waals surface area contributed by atoms with E-state index in [-0.39, 0.29) is 18.0 Å². The molecule has 5 heteroatoms. The maximum absolute atomic E-state index is 12.2.